The molecule has 3 N–H and O–H groups in total. The molecule has 0 saturated carbocycles. The van der Waals surface area contributed by atoms with Gasteiger partial charge < -0.3 is 10.3 Å². The first-order valence-corrected chi connectivity index (χ1v) is 9.14. The van der Waals surface area contributed by atoms with Gasteiger partial charge in [-0.25, -0.2) is 4.98 Å². The standard InChI is InChI=1S/C20H22N6O2/c1-11-15(12(2)22-19-17(11)20(27)24-26(19)3)8-9-16-23-18(25-28-16)14-6-4-13(10-21)5-7-14/h4-7H,8-10,21H2,1-3H3,(H,24,27). The lowest BCUT2D eigenvalue weighted by molar-refractivity contribution is 0.378. The van der Waals surface area contributed by atoms with E-state index in [1.165, 1.54) is 0 Å². The number of benzene rings is 1. The molecule has 0 fully saturated rings. The second-order valence-corrected chi connectivity index (χ2v) is 6.91. The Morgan fingerprint density at radius 2 is 1.89 bits per heavy atom. The molecular formula is C20H22N6O2. The molecule has 0 aliphatic heterocycles. The fraction of sp³-hybridized carbons (Fsp3) is 0.300. The molecule has 3 aromatic heterocycles. The van der Waals surface area contributed by atoms with Crippen LogP contribution < -0.4 is 11.3 Å². The molecule has 4 aromatic rings. The van der Waals surface area contributed by atoms with Gasteiger partial charge in [0, 0.05) is 31.3 Å². The van der Waals surface area contributed by atoms with E-state index in [0.29, 0.717) is 42.1 Å². The molecule has 8 heteroatoms. The monoisotopic (exact) mass is 378 g/mol. The van der Waals surface area contributed by atoms with Gasteiger partial charge in [-0.15, -0.1) is 0 Å². The van der Waals surface area contributed by atoms with Crippen LogP contribution in [0.1, 0.15) is 28.3 Å². The summed E-state index contributed by atoms with van der Waals surface area (Å²) in [5.41, 5.74) is 11.0. The van der Waals surface area contributed by atoms with Crippen molar-refractivity contribution in [1.82, 2.24) is 24.9 Å². The predicted molar refractivity (Wildman–Crippen MR) is 106 cm³/mol. The van der Waals surface area contributed by atoms with E-state index in [1.807, 2.05) is 38.1 Å². The number of hydrogen-bond donors (Lipinski definition) is 2. The lowest BCUT2D eigenvalue weighted by atomic mass is 10.0. The minimum atomic E-state index is -0.121. The molecule has 3 heterocycles. The van der Waals surface area contributed by atoms with Crippen LogP contribution in [0.3, 0.4) is 0 Å². The number of rotatable bonds is 5. The number of aryl methyl sites for hydroxylation is 4. The van der Waals surface area contributed by atoms with Crippen LogP contribution in [0.15, 0.2) is 33.6 Å². The highest BCUT2D eigenvalue weighted by Crippen LogP contribution is 2.22. The van der Waals surface area contributed by atoms with Crippen LogP contribution in [-0.4, -0.2) is 24.9 Å². The van der Waals surface area contributed by atoms with Gasteiger partial charge in [-0.05, 0) is 37.0 Å². The highest BCUT2D eigenvalue weighted by molar-refractivity contribution is 5.80. The minimum absolute atomic E-state index is 0.121. The number of fused-ring (bicyclic) bond motifs is 1. The van der Waals surface area contributed by atoms with Crippen LogP contribution in [0.2, 0.25) is 0 Å². The summed E-state index contributed by atoms with van der Waals surface area (Å²) in [6, 6.07) is 7.78. The number of nitrogens with zero attached hydrogens (tertiary/aromatic N) is 4. The van der Waals surface area contributed by atoms with Crippen LogP contribution >= 0.6 is 0 Å². The molecule has 28 heavy (non-hydrogen) atoms. The van der Waals surface area contributed by atoms with E-state index < -0.39 is 0 Å². The number of H-pyrrole nitrogens is 1. The lowest BCUT2D eigenvalue weighted by Gasteiger charge is -2.09. The average molecular weight is 378 g/mol. The van der Waals surface area contributed by atoms with Gasteiger partial charge >= 0.3 is 0 Å². The van der Waals surface area contributed by atoms with Crippen molar-refractivity contribution in [3.63, 3.8) is 0 Å². The highest BCUT2D eigenvalue weighted by atomic mass is 16.5. The van der Waals surface area contributed by atoms with Gasteiger partial charge in [0.05, 0.1) is 5.39 Å². The Kier molecular flexibility index (Phi) is 4.56. The van der Waals surface area contributed by atoms with Gasteiger partial charge in [-0.3, -0.25) is 14.6 Å². The Balaban J connectivity index is 1.57. The lowest BCUT2D eigenvalue weighted by Crippen LogP contribution is -2.05. The van der Waals surface area contributed by atoms with Crippen molar-refractivity contribution < 1.29 is 4.52 Å². The first-order valence-electron chi connectivity index (χ1n) is 9.14. The number of nitrogens with one attached hydrogen (secondary N) is 1. The van der Waals surface area contributed by atoms with Crippen molar-refractivity contribution in [2.45, 2.75) is 33.2 Å². The molecule has 0 aliphatic carbocycles. The van der Waals surface area contributed by atoms with Gasteiger partial charge in [0.15, 0.2) is 5.65 Å². The smallest absolute Gasteiger partial charge is 0.273 e. The van der Waals surface area contributed by atoms with E-state index >= 15 is 0 Å². The molecule has 0 radical (unpaired) electrons. The summed E-state index contributed by atoms with van der Waals surface area (Å²) >= 11 is 0. The largest absolute Gasteiger partial charge is 0.339 e. The van der Waals surface area contributed by atoms with Gasteiger partial charge in [0.1, 0.15) is 0 Å². The maximum Gasteiger partial charge on any atom is 0.273 e. The van der Waals surface area contributed by atoms with Gasteiger partial charge in [-0.1, -0.05) is 29.4 Å². The van der Waals surface area contributed by atoms with Crippen molar-refractivity contribution in [2.75, 3.05) is 0 Å². The Bertz CT molecular complexity index is 1200. The predicted octanol–water partition coefficient (Wildman–Crippen LogP) is 2.17. The zero-order valence-corrected chi connectivity index (χ0v) is 16.1. The van der Waals surface area contributed by atoms with E-state index in [-0.39, 0.29) is 5.56 Å². The maximum absolute atomic E-state index is 12.2. The van der Waals surface area contributed by atoms with E-state index in [9.17, 15) is 4.79 Å². The third-order valence-electron chi connectivity index (χ3n) is 5.08. The van der Waals surface area contributed by atoms with Crippen molar-refractivity contribution >= 4 is 11.0 Å². The van der Waals surface area contributed by atoms with Crippen molar-refractivity contribution in [1.29, 1.82) is 0 Å². The number of aromatic amines is 1. The Labute approximate surface area is 161 Å². The normalized spacial score (nSPS) is 11.4. The SMILES string of the molecule is Cc1nc2c(c(C)c1CCc1nc(-c3ccc(CN)cc3)no1)c(=O)[nH]n2C. The number of hydrogen-bond acceptors (Lipinski definition) is 6. The van der Waals surface area contributed by atoms with E-state index in [1.54, 1.807) is 11.7 Å². The number of nitrogens with two attached hydrogens (primary N) is 1. The Morgan fingerprint density at radius 1 is 1.14 bits per heavy atom. The van der Waals surface area contributed by atoms with Crippen LogP contribution in [0.4, 0.5) is 0 Å². The number of aromatic nitrogens is 5. The van der Waals surface area contributed by atoms with Gasteiger partial charge in [-0.2, -0.15) is 4.98 Å². The molecule has 0 spiro atoms. The molecule has 0 unspecified atom stereocenters. The summed E-state index contributed by atoms with van der Waals surface area (Å²) in [5.74, 6) is 1.11. The van der Waals surface area contributed by atoms with Crippen molar-refractivity contribution in [3.05, 3.63) is 62.9 Å². The molecule has 4 rings (SSSR count). The molecule has 0 amide bonds. The van der Waals surface area contributed by atoms with E-state index in [2.05, 4.69) is 20.2 Å². The fourth-order valence-corrected chi connectivity index (χ4v) is 3.51. The second kappa shape index (κ2) is 7.05. The molecular weight excluding hydrogens is 356 g/mol. The molecule has 0 aliphatic rings. The van der Waals surface area contributed by atoms with E-state index in [4.69, 9.17) is 10.3 Å². The molecule has 0 bridgehead atoms. The topological polar surface area (TPSA) is 116 Å². The van der Waals surface area contributed by atoms with Crippen LogP contribution in [-0.2, 0) is 26.4 Å². The summed E-state index contributed by atoms with van der Waals surface area (Å²) in [6.07, 6.45) is 1.25. The quantitative estimate of drug-likeness (QED) is 0.550. The maximum atomic E-state index is 12.2. The third kappa shape index (κ3) is 3.11. The Morgan fingerprint density at radius 3 is 2.61 bits per heavy atom. The molecule has 144 valence electrons. The first-order chi connectivity index (χ1) is 13.5. The molecule has 1 aromatic carbocycles. The summed E-state index contributed by atoms with van der Waals surface area (Å²) in [7, 11) is 1.79. The second-order valence-electron chi connectivity index (χ2n) is 6.91. The van der Waals surface area contributed by atoms with Crippen LogP contribution in [0.5, 0.6) is 0 Å². The fourth-order valence-electron chi connectivity index (χ4n) is 3.51. The van der Waals surface area contributed by atoms with Crippen LogP contribution in [0, 0.1) is 13.8 Å². The zero-order chi connectivity index (χ0) is 19.8. The Hall–Kier alpha value is -3.26. The average Bonchev–Trinajstić information content (AvgIpc) is 3.26. The zero-order valence-electron chi connectivity index (χ0n) is 16.1. The minimum Gasteiger partial charge on any atom is -0.339 e. The van der Waals surface area contributed by atoms with Crippen LogP contribution in [0.25, 0.3) is 22.4 Å². The third-order valence-corrected chi connectivity index (χ3v) is 5.08. The first kappa shape index (κ1) is 18.1. The van der Waals surface area contributed by atoms with Crippen molar-refractivity contribution in [2.24, 2.45) is 12.8 Å². The van der Waals surface area contributed by atoms with Gasteiger partial charge in [0.2, 0.25) is 11.7 Å². The number of pyridine rings is 1. The molecule has 8 nitrogen and oxygen atoms in total. The van der Waals surface area contributed by atoms with Crippen molar-refractivity contribution in [3.8, 4) is 11.4 Å². The highest BCUT2D eigenvalue weighted by Gasteiger charge is 2.16. The van der Waals surface area contributed by atoms with E-state index in [0.717, 1.165) is 27.9 Å². The summed E-state index contributed by atoms with van der Waals surface area (Å²) in [6.45, 7) is 4.41. The van der Waals surface area contributed by atoms with Gasteiger partial charge in [0.25, 0.3) is 5.56 Å². The summed E-state index contributed by atoms with van der Waals surface area (Å²) < 4.78 is 7.07. The molecule has 0 atom stereocenters. The molecule has 0 saturated heterocycles. The summed E-state index contributed by atoms with van der Waals surface area (Å²) in [5, 5.41) is 7.47. The summed E-state index contributed by atoms with van der Waals surface area (Å²) in [4.78, 5) is 21.3.